The molecule has 2 aromatic carbocycles. The van der Waals surface area contributed by atoms with Gasteiger partial charge in [-0.25, -0.2) is 0 Å². The van der Waals surface area contributed by atoms with Crippen LogP contribution in [0.25, 0.3) is 0 Å². The summed E-state index contributed by atoms with van der Waals surface area (Å²) in [6.45, 7) is 2.33. The number of benzene rings is 2. The Balaban J connectivity index is 2.15. The highest BCUT2D eigenvalue weighted by Gasteiger charge is 2.08. The van der Waals surface area contributed by atoms with Crippen LogP contribution in [0, 0.1) is 0 Å². The molecule has 0 saturated heterocycles. The van der Waals surface area contributed by atoms with E-state index in [4.69, 9.17) is 16.2 Å². The second-order valence-corrected chi connectivity index (χ2v) is 4.54. The van der Waals surface area contributed by atoms with Crippen molar-refractivity contribution in [2.45, 2.75) is 20.0 Å². The smallest absolute Gasteiger partial charge is 0.249 e. The van der Waals surface area contributed by atoms with E-state index >= 15 is 0 Å². The van der Waals surface area contributed by atoms with Gasteiger partial charge < -0.3 is 16.2 Å². The van der Waals surface area contributed by atoms with Crippen molar-refractivity contribution >= 4 is 11.6 Å². The first kappa shape index (κ1) is 13.9. The summed E-state index contributed by atoms with van der Waals surface area (Å²) in [5.41, 5.74) is 14.2. The molecule has 2 rings (SSSR count). The number of hydrogen-bond acceptors (Lipinski definition) is 3. The second-order valence-electron chi connectivity index (χ2n) is 4.54. The largest absolute Gasteiger partial charge is 0.487 e. The first-order valence-corrected chi connectivity index (χ1v) is 6.50. The van der Waals surface area contributed by atoms with Gasteiger partial charge in [0.1, 0.15) is 12.4 Å². The number of rotatable bonds is 5. The predicted molar refractivity (Wildman–Crippen MR) is 79.5 cm³/mol. The zero-order valence-electron chi connectivity index (χ0n) is 11.4. The van der Waals surface area contributed by atoms with Crippen LogP contribution >= 0.6 is 0 Å². The minimum atomic E-state index is -0.460. The van der Waals surface area contributed by atoms with Gasteiger partial charge in [-0.1, -0.05) is 31.2 Å². The van der Waals surface area contributed by atoms with Crippen molar-refractivity contribution in [2.24, 2.45) is 5.73 Å². The van der Waals surface area contributed by atoms with Crippen molar-refractivity contribution in [3.8, 4) is 5.75 Å². The van der Waals surface area contributed by atoms with E-state index in [9.17, 15) is 4.79 Å². The third-order valence-corrected chi connectivity index (χ3v) is 3.15. The molecule has 0 aromatic heterocycles. The molecule has 2 aromatic rings. The topological polar surface area (TPSA) is 78.3 Å². The van der Waals surface area contributed by atoms with Crippen LogP contribution in [0.5, 0.6) is 5.75 Å². The third-order valence-electron chi connectivity index (χ3n) is 3.15. The van der Waals surface area contributed by atoms with Crippen molar-refractivity contribution in [1.82, 2.24) is 0 Å². The summed E-state index contributed by atoms with van der Waals surface area (Å²) in [5, 5.41) is 0. The van der Waals surface area contributed by atoms with Gasteiger partial charge in [-0.05, 0) is 30.2 Å². The van der Waals surface area contributed by atoms with Gasteiger partial charge in [0, 0.05) is 11.1 Å². The highest BCUT2D eigenvalue weighted by molar-refractivity contribution is 5.94. The minimum absolute atomic E-state index is 0.259. The molecule has 104 valence electrons. The van der Waals surface area contributed by atoms with E-state index in [2.05, 4.69) is 6.92 Å². The second kappa shape index (κ2) is 6.10. The number of aryl methyl sites for hydroxylation is 1. The number of anilines is 1. The number of ether oxygens (including phenoxy) is 1. The number of nitrogens with two attached hydrogens (primary N) is 2. The summed E-state index contributed by atoms with van der Waals surface area (Å²) in [7, 11) is 0. The number of carbonyl (C=O) groups excluding carboxylic acids is 1. The molecule has 0 spiro atoms. The number of hydrogen-bond donors (Lipinski definition) is 2. The van der Waals surface area contributed by atoms with Crippen LogP contribution in [-0.4, -0.2) is 5.91 Å². The lowest BCUT2D eigenvalue weighted by Gasteiger charge is -2.11. The first-order chi connectivity index (χ1) is 9.61. The lowest BCUT2D eigenvalue weighted by molar-refractivity contribution is 0.0998. The van der Waals surface area contributed by atoms with Crippen molar-refractivity contribution < 1.29 is 9.53 Å². The maximum absolute atomic E-state index is 11.3. The average molecular weight is 270 g/mol. The molecule has 0 fully saturated rings. The van der Waals surface area contributed by atoms with Crippen molar-refractivity contribution in [1.29, 1.82) is 0 Å². The lowest BCUT2D eigenvalue weighted by Crippen LogP contribution is -2.14. The number of primary amides is 1. The molecule has 0 saturated carbocycles. The normalized spacial score (nSPS) is 10.2. The van der Waals surface area contributed by atoms with Gasteiger partial charge in [0.25, 0.3) is 0 Å². The van der Waals surface area contributed by atoms with Gasteiger partial charge in [-0.2, -0.15) is 0 Å². The summed E-state index contributed by atoms with van der Waals surface area (Å²) in [5.74, 6) is 0.153. The Labute approximate surface area is 118 Å². The maximum atomic E-state index is 11.3. The predicted octanol–water partition coefficient (Wildman–Crippen LogP) is 2.51. The molecule has 0 radical (unpaired) electrons. The summed E-state index contributed by atoms with van der Waals surface area (Å²) in [4.78, 5) is 11.3. The molecule has 0 atom stereocenters. The van der Waals surface area contributed by atoms with Crippen LogP contribution in [0.4, 0.5) is 5.69 Å². The molecule has 4 nitrogen and oxygen atoms in total. The molecule has 0 aliphatic heterocycles. The quantitative estimate of drug-likeness (QED) is 0.819. The molecule has 0 bridgehead atoms. The molecule has 0 aliphatic carbocycles. The molecule has 0 unspecified atom stereocenters. The van der Waals surface area contributed by atoms with Crippen LogP contribution in [0.15, 0.2) is 42.5 Å². The van der Waals surface area contributed by atoms with Gasteiger partial charge in [0.05, 0.1) is 5.69 Å². The van der Waals surface area contributed by atoms with Gasteiger partial charge in [0.2, 0.25) is 5.91 Å². The minimum Gasteiger partial charge on any atom is -0.487 e. The Morgan fingerprint density at radius 3 is 2.60 bits per heavy atom. The zero-order valence-corrected chi connectivity index (χ0v) is 11.4. The van der Waals surface area contributed by atoms with Gasteiger partial charge in [-0.3, -0.25) is 4.79 Å². The summed E-state index contributed by atoms with van der Waals surface area (Å²) in [6, 6.07) is 12.8. The van der Waals surface area contributed by atoms with Crippen molar-refractivity contribution in [3.63, 3.8) is 0 Å². The van der Waals surface area contributed by atoms with E-state index in [0.717, 1.165) is 17.5 Å². The standard InChI is InChI=1S/C16H18N2O2/c1-2-11-7-8-15(14(17)9-11)20-10-12-5-3-4-6-13(12)16(18)19/h3-9H,2,10,17H2,1H3,(H2,18,19). The number of amides is 1. The highest BCUT2D eigenvalue weighted by atomic mass is 16.5. The number of nitrogen functional groups attached to an aromatic ring is 1. The van der Waals surface area contributed by atoms with E-state index in [-0.39, 0.29) is 6.61 Å². The summed E-state index contributed by atoms with van der Waals surface area (Å²) < 4.78 is 5.68. The fourth-order valence-corrected chi connectivity index (χ4v) is 1.99. The maximum Gasteiger partial charge on any atom is 0.249 e. The molecule has 20 heavy (non-hydrogen) atoms. The lowest BCUT2D eigenvalue weighted by atomic mass is 10.1. The Morgan fingerprint density at radius 1 is 1.20 bits per heavy atom. The average Bonchev–Trinajstić information content (AvgIpc) is 2.46. The Hall–Kier alpha value is -2.49. The van der Waals surface area contributed by atoms with Crippen LogP contribution in [0.2, 0.25) is 0 Å². The van der Waals surface area contributed by atoms with Gasteiger partial charge in [0.15, 0.2) is 0 Å². The van der Waals surface area contributed by atoms with Gasteiger partial charge in [-0.15, -0.1) is 0 Å². The van der Waals surface area contributed by atoms with Crippen LogP contribution in [0.1, 0.15) is 28.4 Å². The fraction of sp³-hybridized carbons (Fsp3) is 0.188. The van der Waals surface area contributed by atoms with E-state index in [0.29, 0.717) is 17.0 Å². The van der Waals surface area contributed by atoms with Crippen LogP contribution in [0.3, 0.4) is 0 Å². The van der Waals surface area contributed by atoms with Crippen LogP contribution < -0.4 is 16.2 Å². The molecular formula is C16H18N2O2. The Kier molecular flexibility index (Phi) is 4.25. The highest BCUT2D eigenvalue weighted by Crippen LogP contribution is 2.24. The SMILES string of the molecule is CCc1ccc(OCc2ccccc2C(N)=O)c(N)c1. The Bertz CT molecular complexity index is 624. The van der Waals surface area contributed by atoms with Crippen LogP contribution in [-0.2, 0) is 13.0 Å². The molecule has 1 amide bonds. The molecule has 4 heteroatoms. The summed E-state index contributed by atoms with van der Waals surface area (Å²) in [6.07, 6.45) is 0.926. The van der Waals surface area contributed by atoms with E-state index in [1.807, 2.05) is 30.3 Å². The zero-order chi connectivity index (χ0) is 14.5. The van der Waals surface area contributed by atoms with Crippen molar-refractivity contribution in [2.75, 3.05) is 5.73 Å². The first-order valence-electron chi connectivity index (χ1n) is 6.50. The van der Waals surface area contributed by atoms with E-state index < -0.39 is 5.91 Å². The Morgan fingerprint density at radius 2 is 1.95 bits per heavy atom. The summed E-state index contributed by atoms with van der Waals surface area (Å²) >= 11 is 0. The fourth-order valence-electron chi connectivity index (χ4n) is 1.99. The van der Waals surface area contributed by atoms with Gasteiger partial charge >= 0.3 is 0 Å². The van der Waals surface area contributed by atoms with E-state index in [1.54, 1.807) is 12.1 Å². The molecule has 4 N–H and O–H groups in total. The van der Waals surface area contributed by atoms with Crippen molar-refractivity contribution in [3.05, 3.63) is 59.2 Å². The third kappa shape index (κ3) is 3.09. The monoisotopic (exact) mass is 270 g/mol. The molecule has 0 aliphatic rings. The van der Waals surface area contributed by atoms with E-state index in [1.165, 1.54) is 0 Å². The molecule has 0 heterocycles. The number of carbonyl (C=O) groups is 1. The molecular weight excluding hydrogens is 252 g/mol.